The third-order valence-electron chi connectivity index (χ3n) is 6.16. The van der Waals surface area contributed by atoms with Crippen molar-refractivity contribution in [3.05, 3.63) is 16.5 Å². The van der Waals surface area contributed by atoms with Gasteiger partial charge in [-0.05, 0) is 62.0 Å². The largest absolute Gasteiger partial charge is 0.335 e. The molecular weight excluding hydrogens is 430 g/mol. The normalized spacial score (nSPS) is 19.6. The van der Waals surface area contributed by atoms with Gasteiger partial charge in [-0.25, -0.2) is 4.79 Å². The standard InChI is InChI=1S/C22H31N5O2S2/c1-12(19(28)24-20(29)23-15-7-8-15)30-21-26-25-18(27(21)5)17-11-13-10-14(22(2,3)4)6-9-16(13)31-17/h11-12,14-15H,6-10H2,1-5H3,(H2,23,24,28,29)/t12-,14-/m0/s1. The van der Waals surface area contributed by atoms with Crippen molar-refractivity contribution in [1.82, 2.24) is 25.4 Å². The predicted octanol–water partition coefficient (Wildman–Crippen LogP) is 4.16. The third kappa shape index (κ3) is 5.14. The van der Waals surface area contributed by atoms with Crippen LogP contribution in [0.3, 0.4) is 0 Å². The number of nitrogens with one attached hydrogen (secondary N) is 2. The van der Waals surface area contributed by atoms with Crippen LogP contribution in [0.2, 0.25) is 0 Å². The van der Waals surface area contributed by atoms with E-state index >= 15 is 0 Å². The molecule has 31 heavy (non-hydrogen) atoms. The smallest absolute Gasteiger partial charge is 0.321 e. The summed E-state index contributed by atoms with van der Waals surface area (Å²) in [5, 5.41) is 14.1. The van der Waals surface area contributed by atoms with Crippen molar-refractivity contribution in [2.45, 2.75) is 76.2 Å². The van der Waals surface area contributed by atoms with Gasteiger partial charge in [-0.3, -0.25) is 10.1 Å². The van der Waals surface area contributed by atoms with Crippen LogP contribution in [-0.4, -0.2) is 38.0 Å². The van der Waals surface area contributed by atoms with E-state index in [0.29, 0.717) is 16.5 Å². The van der Waals surface area contributed by atoms with Crippen molar-refractivity contribution in [3.8, 4) is 10.7 Å². The Morgan fingerprint density at radius 2 is 2.00 bits per heavy atom. The van der Waals surface area contributed by atoms with E-state index in [4.69, 9.17) is 0 Å². The van der Waals surface area contributed by atoms with Gasteiger partial charge >= 0.3 is 6.03 Å². The Morgan fingerprint density at radius 3 is 2.68 bits per heavy atom. The fourth-order valence-corrected chi connectivity index (χ4v) is 5.92. The van der Waals surface area contributed by atoms with Crippen molar-refractivity contribution in [1.29, 1.82) is 0 Å². The van der Waals surface area contributed by atoms with Gasteiger partial charge in [0, 0.05) is 18.0 Å². The second-order valence-corrected chi connectivity index (χ2v) is 12.2. The summed E-state index contributed by atoms with van der Waals surface area (Å²) in [6, 6.07) is 2.07. The molecule has 0 aromatic carbocycles. The van der Waals surface area contributed by atoms with E-state index in [0.717, 1.165) is 36.4 Å². The number of rotatable bonds is 5. The van der Waals surface area contributed by atoms with E-state index in [1.807, 2.05) is 23.0 Å². The van der Waals surface area contributed by atoms with E-state index in [1.54, 1.807) is 6.92 Å². The highest BCUT2D eigenvalue weighted by Crippen LogP contribution is 2.42. The van der Waals surface area contributed by atoms with Gasteiger partial charge in [-0.1, -0.05) is 32.5 Å². The highest BCUT2D eigenvalue weighted by molar-refractivity contribution is 8.00. The number of fused-ring (bicyclic) bond motifs is 1. The molecule has 2 aromatic heterocycles. The van der Waals surface area contributed by atoms with Gasteiger partial charge < -0.3 is 9.88 Å². The number of hydrogen-bond acceptors (Lipinski definition) is 6. The van der Waals surface area contributed by atoms with Crippen molar-refractivity contribution in [2.75, 3.05) is 0 Å². The van der Waals surface area contributed by atoms with Gasteiger partial charge in [0.05, 0.1) is 10.1 Å². The molecule has 0 bridgehead atoms. The third-order valence-corrected chi connectivity index (χ3v) is 8.53. The molecule has 2 N–H and O–H groups in total. The number of hydrogen-bond donors (Lipinski definition) is 2. The highest BCUT2D eigenvalue weighted by atomic mass is 32.2. The summed E-state index contributed by atoms with van der Waals surface area (Å²) in [6.45, 7) is 8.76. The lowest BCUT2D eigenvalue weighted by molar-refractivity contribution is -0.119. The molecule has 4 rings (SSSR count). The van der Waals surface area contributed by atoms with Crippen LogP contribution >= 0.6 is 23.1 Å². The monoisotopic (exact) mass is 461 g/mol. The maximum Gasteiger partial charge on any atom is 0.321 e. The number of carbonyl (C=O) groups is 2. The number of imide groups is 1. The molecule has 2 aromatic rings. The van der Waals surface area contributed by atoms with E-state index < -0.39 is 11.3 Å². The molecule has 2 heterocycles. The molecule has 0 radical (unpaired) electrons. The Balaban J connectivity index is 1.42. The Morgan fingerprint density at radius 1 is 1.26 bits per heavy atom. The van der Waals surface area contributed by atoms with Crippen LogP contribution in [0.1, 0.15) is 57.4 Å². The summed E-state index contributed by atoms with van der Waals surface area (Å²) in [6.07, 6.45) is 5.45. The maximum atomic E-state index is 12.3. The van der Waals surface area contributed by atoms with Crippen LogP contribution in [0.4, 0.5) is 4.79 Å². The number of thioether (sulfide) groups is 1. The Labute approximate surface area is 191 Å². The number of urea groups is 1. The topological polar surface area (TPSA) is 88.9 Å². The second-order valence-electron chi connectivity index (χ2n) is 9.73. The fraction of sp³-hybridized carbons (Fsp3) is 0.636. The van der Waals surface area contributed by atoms with Crippen molar-refractivity contribution >= 4 is 35.0 Å². The van der Waals surface area contributed by atoms with Gasteiger partial charge in [0.2, 0.25) is 5.91 Å². The van der Waals surface area contributed by atoms with Crippen molar-refractivity contribution < 1.29 is 9.59 Å². The summed E-state index contributed by atoms with van der Waals surface area (Å²) in [4.78, 5) is 26.7. The molecule has 9 heteroatoms. The van der Waals surface area contributed by atoms with Crippen molar-refractivity contribution in [2.24, 2.45) is 18.4 Å². The lowest BCUT2D eigenvalue weighted by atomic mass is 9.72. The van der Waals surface area contributed by atoms with Gasteiger partial charge in [-0.15, -0.1) is 21.5 Å². The molecule has 0 aliphatic heterocycles. The number of carbonyl (C=O) groups excluding carboxylic acids is 2. The summed E-state index contributed by atoms with van der Waals surface area (Å²) < 4.78 is 1.94. The Hall–Kier alpha value is -1.87. The first kappa shape index (κ1) is 22.3. The van der Waals surface area contributed by atoms with Crippen LogP contribution in [0.25, 0.3) is 10.7 Å². The number of thiophene rings is 1. The molecule has 1 fully saturated rings. The maximum absolute atomic E-state index is 12.3. The van der Waals surface area contributed by atoms with E-state index in [2.05, 4.69) is 47.7 Å². The average Bonchev–Trinajstić information content (AvgIpc) is 3.28. The lowest BCUT2D eigenvalue weighted by Crippen LogP contribution is -2.43. The molecule has 1 saturated carbocycles. The first-order valence-electron chi connectivity index (χ1n) is 10.9. The minimum Gasteiger partial charge on any atom is -0.335 e. The first-order chi connectivity index (χ1) is 14.6. The van der Waals surface area contributed by atoms with E-state index in [-0.39, 0.29) is 11.9 Å². The molecule has 0 spiro atoms. The Kier molecular flexibility index (Phi) is 6.18. The molecular formula is C22H31N5O2S2. The lowest BCUT2D eigenvalue weighted by Gasteiger charge is -2.33. The number of aromatic nitrogens is 3. The molecule has 0 unspecified atom stereocenters. The fourth-order valence-electron chi connectivity index (χ4n) is 3.88. The van der Waals surface area contributed by atoms with E-state index in [9.17, 15) is 9.59 Å². The van der Waals surface area contributed by atoms with Gasteiger partial charge in [0.1, 0.15) is 0 Å². The zero-order valence-corrected chi connectivity index (χ0v) is 20.5. The summed E-state index contributed by atoms with van der Waals surface area (Å²) in [5.41, 5.74) is 1.76. The van der Waals surface area contributed by atoms with Crippen LogP contribution in [0, 0.1) is 11.3 Å². The molecule has 2 atom stereocenters. The SMILES string of the molecule is C[C@H](Sc1nnc(-c2cc3c(s2)CC[C@H](C(C)(C)C)C3)n1C)C(=O)NC(=O)NC1CC1. The summed E-state index contributed by atoms with van der Waals surface area (Å²) in [5.74, 6) is 1.20. The minimum absolute atomic E-state index is 0.215. The number of aryl methyl sites for hydroxylation is 1. The second kappa shape index (κ2) is 8.58. The van der Waals surface area contributed by atoms with Crippen LogP contribution in [0.15, 0.2) is 11.2 Å². The number of amides is 3. The molecule has 2 aliphatic carbocycles. The summed E-state index contributed by atoms with van der Waals surface area (Å²) in [7, 11) is 1.93. The van der Waals surface area contributed by atoms with Crippen LogP contribution in [-0.2, 0) is 24.7 Å². The zero-order valence-electron chi connectivity index (χ0n) is 18.8. The summed E-state index contributed by atoms with van der Waals surface area (Å²) >= 11 is 3.12. The predicted molar refractivity (Wildman–Crippen MR) is 124 cm³/mol. The quantitative estimate of drug-likeness (QED) is 0.653. The number of nitrogens with zero attached hydrogens (tertiary/aromatic N) is 3. The molecule has 3 amide bonds. The first-order valence-corrected chi connectivity index (χ1v) is 12.6. The molecule has 2 aliphatic rings. The van der Waals surface area contributed by atoms with E-state index in [1.165, 1.54) is 28.6 Å². The van der Waals surface area contributed by atoms with Crippen LogP contribution < -0.4 is 10.6 Å². The molecule has 7 nitrogen and oxygen atoms in total. The average molecular weight is 462 g/mol. The van der Waals surface area contributed by atoms with Gasteiger partial charge in [-0.2, -0.15) is 0 Å². The minimum atomic E-state index is -0.454. The van der Waals surface area contributed by atoms with Gasteiger partial charge in [0.25, 0.3) is 0 Å². The van der Waals surface area contributed by atoms with Crippen LogP contribution in [0.5, 0.6) is 0 Å². The van der Waals surface area contributed by atoms with Gasteiger partial charge in [0.15, 0.2) is 11.0 Å². The van der Waals surface area contributed by atoms with Crippen molar-refractivity contribution in [3.63, 3.8) is 0 Å². The molecule has 168 valence electrons. The Bertz CT molecular complexity index is 987. The zero-order chi connectivity index (χ0) is 22.3. The highest BCUT2D eigenvalue weighted by Gasteiger charge is 2.31. The molecule has 0 saturated heterocycles.